The third kappa shape index (κ3) is 4.44. The van der Waals surface area contributed by atoms with Crippen molar-refractivity contribution in [3.8, 4) is 0 Å². The minimum Gasteiger partial charge on any atom is -0.391 e. The molecule has 0 aliphatic rings. The van der Waals surface area contributed by atoms with E-state index in [0.717, 1.165) is 18.5 Å². The first kappa shape index (κ1) is 13.5. The van der Waals surface area contributed by atoms with Crippen molar-refractivity contribution < 1.29 is 9.90 Å². The zero-order valence-electron chi connectivity index (χ0n) is 10.4. The molecule has 1 unspecified atom stereocenters. The summed E-state index contributed by atoms with van der Waals surface area (Å²) in [6.07, 6.45) is 1.44. The molecule has 0 heterocycles. The first-order valence-corrected chi connectivity index (χ1v) is 5.91. The fraction of sp³-hybridized carbons (Fsp3) is 0.462. The Morgan fingerprint density at radius 2 is 2.00 bits per heavy atom. The van der Waals surface area contributed by atoms with Gasteiger partial charge in [0, 0.05) is 24.8 Å². The van der Waals surface area contributed by atoms with Crippen LogP contribution in [0.15, 0.2) is 24.3 Å². The Labute approximate surface area is 102 Å². The second kappa shape index (κ2) is 6.91. The maximum atomic E-state index is 11.3. The number of aliphatic hydroxyl groups is 1. The SMILES string of the molecule is CCCC(O)CNc1ccc(C(=O)NC)cc1. The molecule has 0 aromatic heterocycles. The summed E-state index contributed by atoms with van der Waals surface area (Å²) >= 11 is 0. The Balaban J connectivity index is 2.48. The van der Waals surface area contributed by atoms with Gasteiger partial charge in [-0.1, -0.05) is 13.3 Å². The maximum Gasteiger partial charge on any atom is 0.251 e. The highest BCUT2D eigenvalue weighted by atomic mass is 16.3. The molecule has 0 aliphatic heterocycles. The van der Waals surface area contributed by atoms with Crippen molar-refractivity contribution in [1.29, 1.82) is 0 Å². The van der Waals surface area contributed by atoms with Gasteiger partial charge in [0.15, 0.2) is 0 Å². The van der Waals surface area contributed by atoms with Gasteiger partial charge in [0.05, 0.1) is 6.10 Å². The molecule has 4 nitrogen and oxygen atoms in total. The minimum atomic E-state index is -0.321. The van der Waals surface area contributed by atoms with Gasteiger partial charge < -0.3 is 15.7 Å². The molecule has 4 heteroatoms. The van der Waals surface area contributed by atoms with E-state index < -0.39 is 0 Å². The van der Waals surface area contributed by atoms with Gasteiger partial charge in [-0.25, -0.2) is 0 Å². The molecule has 0 spiro atoms. The van der Waals surface area contributed by atoms with E-state index >= 15 is 0 Å². The number of carbonyl (C=O) groups excluding carboxylic acids is 1. The minimum absolute atomic E-state index is 0.0948. The molecular formula is C13H20N2O2. The molecule has 0 saturated carbocycles. The molecule has 3 N–H and O–H groups in total. The van der Waals surface area contributed by atoms with E-state index in [9.17, 15) is 9.90 Å². The highest BCUT2D eigenvalue weighted by Crippen LogP contribution is 2.10. The summed E-state index contributed by atoms with van der Waals surface area (Å²) in [6, 6.07) is 7.19. The van der Waals surface area contributed by atoms with E-state index in [1.807, 2.05) is 19.1 Å². The predicted molar refractivity (Wildman–Crippen MR) is 69.2 cm³/mol. The van der Waals surface area contributed by atoms with Crippen LogP contribution in [-0.2, 0) is 0 Å². The number of nitrogens with one attached hydrogen (secondary N) is 2. The molecule has 17 heavy (non-hydrogen) atoms. The number of rotatable bonds is 6. The summed E-state index contributed by atoms with van der Waals surface area (Å²) in [5, 5.41) is 15.3. The molecule has 1 aromatic rings. The molecule has 1 rings (SSSR count). The van der Waals surface area contributed by atoms with Crippen LogP contribution >= 0.6 is 0 Å². The van der Waals surface area contributed by atoms with E-state index in [4.69, 9.17) is 0 Å². The van der Waals surface area contributed by atoms with E-state index in [1.54, 1.807) is 19.2 Å². The van der Waals surface area contributed by atoms with Gasteiger partial charge in [-0.05, 0) is 30.7 Å². The standard InChI is InChI=1S/C13H20N2O2/c1-3-4-12(16)9-15-11-7-5-10(6-8-11)13(17)14-2/h5-8,12,15-16H,3-4,9H2,1-2H3,(H,14,17). The molecule has 94 valence electrons. The van der Waals surface area contributed by atoms with Crippen LogP contribution in [0.2, 0.25) is 0 Å². The lowest BCUT2D eigenvalue weighted by Gasteiger charge is -2.12. The number of anilines is 1. The monoisotopic (exact) mass is 236 g/mol. The van der Waals surface area contributed by atoms with Crippen molar-refractivity contribution in [3.63, 3.8) is 0 Å². The molecule has 1 amide bonds. The van der Waals surface area contributed by atoms with Crippen LogP contribution in [-0.4, -0.2) is 30.7 Å². The lowest BCUT2D eigenvalue weighted by Crippen LogP contribution is -2.19. The van der Waals surface area contributed by atoms with E-state index in [-0.39, 0.29) is 12.0 Å². The molecule has 1 atom stereocenters. The van der Waals surface area contributed by atoms with Gasteiger partial charge in [-0.3, -0.25) is 4.79 Å². The lowest BCUT2D eigenvalue weighted by molar-refractivity contribution is 0.0963. The maximum absolute atomic E-state index is 11.3. The molecular weight excluding hydrogens is 216 g/mol. The molecule has 0 radical (unpaired) electrons. The van der Waals surface area contributed by atoms with Crippen LogP contribution < -0.4 is 10.6 Å². The van der Waals surface area contributed by atoms with Crippen LogP contribution in [0.5, 0.6) is 0 Å². The number of hydrogen-bond donors (Lipinski definition) is 3. The summed E-state index contributed by atoms with van der Waals surface area (Å²) in [5.41, 5.74) is 1.54. The van der Waals surface area contributed by atoms with Gasteiger partial charge in [-0.2, -0.15) is 0 Å². The van der Waals surface area contributed by atoms with Gasteiger partial charge >= 0.3 is 0 Å². The van der Waals surface area contributed by atoms with Crippen molar-refractivity contribution >= 4 is 11.6 Å². The molecule has 0 saturated heterocycles. The van der Waals surface area contributed by atoms with Crippen LogP contribution in [0, 0.1) is 0 Å². The highest BCUT2D eigenvalue weighted by Gasteiger charge is 2.04. The fourth-order valence-electron chi connectivity index (χ4n) is 1.55. The fourth-order valence-corrected chi connectivity index (χ4v) is 1.55. The summed E-state index contributed by atoms with van der Waals surface area (Å²) in [4.78, 5) is 11.3. The van der Waals surface area contributed by atoms with Gasteiger partial charge in [0.25, 0.3) is 5.91 Å². The largest absolute Gasteiger partial charge is 0.391 e. The predicted octanol–water partition coefficient (Wildman–Crippen LogP) is 1.62. The average Bonchev–Trinajstić information content (AvgIpc) is 2.36. The van der Waals surface area contributed by atoms with Gasteiger partial charge in [0.1, 0.15) is 0 Å². The number of aliphatic hydroxyl groups excluding tert-OH is 1. The molecule has 1 aromatic carbocycles. The first-order chi connectivity index (χ1) is 8.17. The van der Waals surface area contributed by atoms with Crippen LogP contribution in [0.1, 0.15) is 30.1 Å². The number of carbonyl (C=O) groups is 1. The molecule has 0 fully saturated rings. The average molecular weight is 236 g/mol. The van der Waals surface area contributed by atoms with E-state index in [0.29, 0.717) is 12.1 Å². The number of benzene rings is 1. The van der Waals surface area contributed by atoms with E-state index in [1.165, 1.54) is 0 Å². The van der Waals surface area contributed by atoms with Crippen molar-refractivity contribution in [2.24, 2.45) is 0 Å². The summed E-state index contributed by atoms with van der Waals surface area (Å²) < 4.78 is 0. The van der Waals surface area contributed by atoms with Crippen molar-refractivity contribution in [3.05, 3.63) is 29.8 Å². The quantitative estimate of drug-likeness (QED) is 0.703. The lowest BCUT2D eigenvalue weighted by atomic mass is 10.2. The van der Waals surface area contributed by atoms with Crippen LogP contribution in [0.3, 0.4) is 0 Å². The van der Waals surface area contributed by atoms with Crippen molar-refractivity contribution in [1.82, 2.24) is 5.32 Å². The third-order valence-electron chi connectivity index (χ3n) is 2.54. The summed E-state index contributed by atoms with van der Waals surface area (Å²) in [6.45, 7) is 2.58. The third-order valence-corrected chi connectivity index (χ3v) is 2.54. The zero-order chi connectivity index (χ0) is 12.7. The molecule has 0 aliphatic carbocycles. The highest BCUT2D eigenvalue weighted by molar-refractivity contribution is 5.94. The first-order valence-electron chi connectivity index (χ1n) is 5.91. The second-order valence-corrected chi connectivity index (χ2v) is 3.98. The summed E-state index contributed by atoms with van der Waals surface area (Å²) in [5.74, 6) is -0.0948. The zero-order valence-corrected chi connectivity index (χ0v) is 10.4. The van der Waals surface area contributed by atoms with E-state index in [2.05, 4.69) is 10.6 Å². The van der Waals surface area contributed by atoms with Crippen LogP contribution in [0.25, 0.3) is 0 Å². The normalized spacial score (nSPS) is 11.9. The van der Waals surface area contributed by atoms with Crippen LogP contribution in [0.4, 0.5) is 5.69 Å². The Morgan fingerprint density at radius 3 is 2.53 bits per heavy atom. The Hall–Kier alpha value is -1.55. The molecule has 0 bridgehead atoms. The Bertz CT molecular complexity index is 349. The summed E-state index contributed by atoms with van der Waals surface area (Å²) in [7, 11) is 1.61. The van der Waals surface area contributed by atoms with Crippen molar-refractivity contribution in [2.75, 3.05) is 18.9 Å². The number of hydrogen-bond acceptors (Lipinski definition) is 3. The Kier molecular flexibility index (Phi) is 5.49. The number of amides is 1. The van der Waals surface area contributed by atoms with Crippen molar-refractivity contribution in [2.45, 2.75) is 25.9 Å². The second-order valence-electron chi connectivity index (χ2n) is 3.98. The topological polar surface area (TPSA) is 61.4 Å². The smallest absolute Gasteiger partial charge is 0.251 e. The van der Waals surface area contributed by atoms with Gasteiger partial charge in [0.2, 0.25) is 0 Å². The Morgan fingerprint density at radius 1 is 1.35 bits per heavy atom. The van der Waals surface area contributed by atoms with Gasteiger partial charge in [-0.15, -0.1) is 0 Å².